The molecule has 0 aliphatic carbocycles. The first-order valence-corrected chi connectivity index (χ1v) is 0. The molecule has 0 amide bonds. The first kappa shape index (κ1) is 868. The van der Waals surface area contributed by atoms with Crippen LogP contribution in [0.1, 0.15) is 0 Å². The van der Waals surface area contributed by atoms with Gasteiger partial charge in [0.2, 0.25) is 0 Å². The molecule has 0 unspecified atom stereocenters. The number of halogens is 4. The Morgan fingerprint density at radius 1 is 0.333 bits per heavy atom. The molecule has 72 valence electrons. The maximum Gasteiger partial charge on any atom is -0.147 e. The van der Waals surface area contributed by atoms with Crippen molar-refractivity contribution in [2.75, 3.05) is 0 Å². The first-order chi connectivity index (χ1) is 0. The van der Waals surface area contributed by atoms with Gasteiger partial charge in [-0.15, -0.1) is 49.6 Å². The molecule has 5 nitrogen and oxygen atoms in total. The highest BCUT2D eigenvalue weighted by atomic mass is 35.5. The van der Waals surface area contributed by atoms with E-state index >= 15 is 0 Å². The van der Waals surface area contributed by atoms with Gasteiger partial charge in [0.1, 0.15) is 0 Å². The lowest BCUT2D eigenvalue weighted by Crippen LogP contribution is -0.482. The van der Waals surface area contributed by atoms with Gasteiger partial charge in [0.25, 0.3) is 0 Å². The van der Waals surface area contributed by atoms with Crippen molar-refractivity contribution in [3.05, 3.63) is 0 Å². The van der Waals surface area contributed by atoms with E-state index in [1.54, 1.807) is 0 Å². The summed E-state index contributed by atoms with van der Waals surface area (Å²) in [6, 6.07) is 0. The van der Waals surface area contributed by atoms with Gasteiger partial charge in [0.15, 0.2) is 0 Å². The summed E-state index contributed by atoms with van der Waals surface area (Å²) in [5, 5.41) is 0. The average molecular weight is 232 g/mol. The fraction of sp³-hybridized carbons (Fsp3) is 0. The van der Waals surface area contributed by atoms with Gasteiger partial charge in [-0.3, -0.25) is 0 Å². The molecular weight excluding hydrogens is 214 g/mol. The Labute approximate surface area is 80.0 Å². The molecule has 0 aromatic rings. The van der Waals surface area contributed by atoms with Crippen molar-refractivity contribution >= 4 is 49.6 Å². The lowest BCUT2D eigenvalue weighted by Gasteiger charge is -0.412. The van der Waals surface area contributed by atoms with E-state index in [0.717, 1.165) is 0 Å². The van der Waals surface area contributed by atoms with Crippen LogP contribution in [0.25, 0.3) is 0 Å². The second kappa shape index (κ2) is 616. The van der Waals surface area contributed by atoms with Crippen molar-refractivity contribution in [1.29, 1.82) is 0 Å². The Morgan fingerprint density at radius 3 is 0.333 bits per heavy atom. The van der Waals surface area contributed by atoms with E-state index in [2.05, 4.69) is 0 Å². The van der Waals surface area contributed by atoms with Crippen LogP contribution in [0.2, 0.25) is 0 Å². The molecule has 0 rings (SSSR count). The second-order valence-electron chi connectivity index (χ2n) is 0. The summed E-state index contributed by atoms with van der Waals surface area (Å²) < 4.78 is 0. The molecule has 9 heavy (non-hydrogen) atoms. The minimum atomic E-state index is 0. The summed E-state index contributed by atoms with van der Waals surface area (Å²) in [5.41, 5.74) is 0. The maximum absolute atomic E-state index is 0. The molecule has 0 bridgehead atoms. The predicted molar refractivity (Wildman–Crippen MR) is 52.7 cm³/mol. The summed E-state index contributed by atoms with van der Waals surface area (Å²) in [7, 11) is 0. The van der Waals surface area contributed by atoms with E-state index in [1.165, 1.54) is 0 Å². The van der Waals surface area contributed by atoms with Gasteiger partial charge >= 0.3 is 0 Å². The molecule has 0 aliphatic rings. The van der Waals surface area contributed by atoms with Gasteiger partial charge in [-0.2, -0.15) is 0 Å². The largest absolute Gasteiger partial charge is 0.412 e. The van der Waals surface area contributed by atoms with Gasteiger partial charge in [0, 0.05) is 0 Å². The summed E-state index contributed by atoms with van der Waals surface area (Å²) in [4.78, 5) is 0. The molecule has 0 heterocycles. The first-order valence-electron chi connectivity index (χ1n) is 0. The Hall–Kier alpha value is 0.960. The zero-order valence-corrected chi connectivity index (χ0v) is 8.23. The topological polar surface area (TPSA) is 172 Å². The van der Waals surface area contributed by atoms with Crippen LogP contribution in [0.5, 0.6) is 0 Å². The number of hydrogen-bond donors (Lipinski definition) is 4. The van der Waals surface area contributed by atoms with Crippen molar-refractivity contribution in [3.63, 3.8) is 0 Å². The van der Waals surface area contributed by atoms with Crippen molar-refractivity contribution in [2.24, 2.45) is 0 Å². The Bertz CT molecular complexity index is 12.5. The molecule has 0 atom stereocenters. The molecule has 0 fully saturated rings. The maximum atomic E-state index is 0. The van der Waals surface area contributed by atoms with Crippen LogP contribution < -0.4 is 24.6 Å². The van der Waals surface area contributed by atoms with Crippen LogP contribution >= 0.6 is 49.6 Å². The lowest BCUT2D eigenvalue weighted by atomic mass is 14.0. The van der Waals surface area contributed by atoms with E-state index in [1.807, 2.05) is 0 Å². The molecule has 0 radical (unpaired) electrons. The lowest BCUT2D eigenvalue weighted by molar-refractivity contribution is 0.824. The molecule has 0 aromatic heterocycles. The van der Waals surface area contributed by atoms with Crippen molar-refractivity contribution in [2.45, 2.75) is 0 Å². The van der Waals surface area contributed by atoms with E-state index in [-0.39, 0.29) is 79.7 Å². The minimum Gasteiger partial charge on any atom is -0.412 e. The summed E-state index contributed by atoms with van der Waals surface area (Å²) in [5.74, 6) is 0. The smallest absolute Gasteiger partial charge is 0.147 e. The minimum absolute atomic E-state index is 0. The van der Waals surface area contributed by atoms with Crippen LogP contribution in [0, 0.1) is 0 Å². The van der Waals surface area contributed by atoms with Gasteiger partial charge in [-0.1, -0.05) is 0 Å². The van der Waals surface area contributed by atoms with Gasteiger partial charge in [0.05, 0.1) is 0 Å². The predicted octanol–water partition coefficient (Wildman–Crippen LogP) is 1.51. The monoisotopic (exact) mass is 230 g/mol. The van der Waals surface area contributed by atoms with Crippen LogP contribution in [0.15, 0.2) is 0 Å². The molecule has 0 aliphatic heterocycles. The zero-order chi connectivity index (χ0) is 0. The molecule has 0 saturated heterocycles. The van der Waals surface area contributed by atoms with Crippen LogP contribution in [-0.4, -0.2) is 5.48 Å². The van der Waals surface area contributed by atoms with Crippen LogP contribution in [0.4, 0.5) is 0 Å². The third kappa shape index (κ3) is 471. The molecule has 0 saturated carbocycles. The molecule has 0 aromatic carbocycles. The van der Waals surface area contributed by atoms with Crippen molar-refractivity contribution < 1.29 is 5.48 Å². The van der Waals surface area contributed by atoms with Gasteiger partial charge in [-0.25, -0.2) is 0 Å². The van der Waals surface area contributed by atoms with Crippen molar-refractivity contribution in [1.82, 2.24) is 24.6 Å². The number of hydrogen-bond acceptors (Lipinski definition) is 4. The molecule has 14 N–H and O–H groups in total. The quantitative estimate of drug-likeness (QED) is 0.495. The zero-order valence-electron chi connectivity index (χ0n) is 4.96. The normalized spacial score (nSPS) is 0. The SMILES string of the molecule is Cl.Cl.Cl.Cl.N.N.N.N.O. The van der Waals surface area contributed by atoms with Crippen LogP contribution in [-0.2, 0) is 0 Å². The fourth-order valence-electron chi connectivity index (χ4n) is 0. The third-order valence-electron chi connectivity index (χ3n) is 0. The molecule has 9 heteroatoms. The van der Waals surface area contributed by atoms with Crippen molar-refractivity contribution in [3.8, 4) is 0 Å². The van der Waals surface area contributed by atoms with E-state index in [9.17, 15) is 0 Å². The second-order valence-corrected chi connectivity index (χ2v) is 0. The Balaban J connectivity index is 0. The van der Waals surface area contributed by atoms with E-state index in [4.69, 9.17) is 0 Å². The van der Waals surface area contributed by atoms with Gasteiger partial charge < -0.3 is 30.1 Å². The highest BCUT2D eigenvalue weighted by Crippen LogP contribution is 0.693. The van der Waals surface area contributed by atoms with E-state index < -0.39 is 0 Å². The summed E-state index contributed by atoms with van der Waals surface area (Å²) in [6.45, 7) is 0. The van der Waals surface area contributed by atoms with E-state index in [0.29, 0.717) is 0 Å². The third-order valence-corrected chi connectivity index (χ3v) is 0. The Morgan fingerprint density at radius 2 is 0.333 bits per heavy atom. The molecular formula is H18Cl4N4O. The summed E-state index contributed by atoms with van der Waals surface area (Å²) in [6.07, 6.45) is 0. The fourth-order valence-corrected chi connectivity index (χ4v) is 0. The Kier molecular flexibility index (Phi) is 59400. The number of rotatable bonds is 0. The average Bonchev–Trinajstić information content (AvgIpc) is 0. The highest BCUT2D eigenvalue weighted by molar-refractivity contribution is 5.86. The molecule has 0 spiro atoms. The van der Waals surface area contributed by atoms with Crippen LogP contribution in [0.3, 0.4) is 0 Å². The summed E-state index contributed by atoms with van der Waals surface area (Å²) >= 11 is 0. The standard InChI is InChI=1S/4ClH.4H3N.H2O/h4*1H;4*1H3;1H2. The van der Waals surface area contributed by atoms with Gasteiger partial charge in [-0.05, 0) is 0 Å². The highest BCUT2D eigenvalue weighted by Gasteiger charge is -0.143.